The number of rotatable bonds is 5. The minimum Gasteiger partial charge on any atom is -0.313 e. The third kappa shape index (κ3) is 3.82. The van der Waals surface area contributed by atoms with Crippen molar-refractivity contribution < 1.29 is 4.39 Å². The predicted octanol–water partition coefficient (Wildman–Crippen LogP) is 3.44. The molecule has 78 valence electrons. The van der Waals surface area contributed by atoms with Crippen molar-refractivity contribution in [1.29, 1.82) is 0 Å². The maximum Gasteiger partial charge on any atom is 0.0906 e. The SMILES string of the molecule is FCCCNCc1ccc(Cl)cc1Cl. The highest BCUT2D eigenvalue weighted by Crippen LogP contribution is 2.20. The first kappa shape index (κ1) is 11.8. The summed E-state index contributed by atoms with van der Waals surface area (Å²) in [6.45, 7) is 1.02. The Morgan fingerprint density at radius 2 is 2.07 bits per heavy atom. The molecule has 4 heteroatoms. The predicted molar refractivity (Wildman–Crippen MR) is 58.8 cm³/mol. The van der Waals surface area contributed by atoms with E-state index in [0.29, 0.717) is 29.6 Å². The number of halogens is 3. The van der Waals surface area contributed by atoms with Crippen LogP contribution in [0.25, 0.3) is 0 Å². The lowest BCUT2D eigenvalue weighted by atomic mass is 10.2. The van der Waals surface area contributed by atoms with Crippen LogP contribution in [0.1, 0.15) is 12.0 Å². The van der Waals surface area contributed by atoms with E-state index in [1.165, 1.54) is 0 Å². The highest BCUT2D eigenvalue weighted by molar-refractivity contribution is 6.35. The molecule has 1 N–H and O–H groups in total. The van der Waals surface area contributed by atoms with Crippen LogP contribution < -0.4 is 5.32 Å². The number of alkyl halides is 1. The standard InChI is InChI=1S/C10H12Cl2FN/c11-9-3-2-8(10(12)6-9)7-14-5-1-4-13/h2-3,6,14H,1,4-5,7H2. The molecule has 0 unspecified atom stereocenters. The van der Waals surface area contributed by atoms with Gasteiger partial charge in [-0.25, -0.2) is 0 Å². The van der Waals surface area contributed by atoms with Crippen LogP contribution in [0.3, 0.4) is 0 Å². The van der Waals surface area contributed by atoms with Crippen molar-refractivity contribution in [3.63, 3.8) is 0 Å². The molecule has 0 heterocycles. The highest BCUT2D eigenvalue weighted by atomic mass is 35.5. The quantitative estimate of drug-likeness (QED) is 0.772. The first-order valence-corrected chi connectivity index (χ1v) is 5.20. The van der Waals surface area contributed by atoms with Crippen molar-refractivity contribution in [3.05, 3.63) is 33.8 Å². The second kappa shape index (κ2) is 6.23. The minimum atomic E-state index is -0.290. The highest BCUT2D eigenvalue weighted by Gasteiger charge is 2.00. The lowest BCUT2D eigenvalue weighted by molar-refractivity contribution is 0.459. The summed E-state index contributed by atoms with van der Waals surface area (Å²) in [5, 5.41) is 4.37. The average Bonchev–Trinajstić information content (AvgIpc) is 2.15. The van der Waals surface area contributed by atoms with Crippen molar-refractivity contribution in [2.75, 3.05) is 13.2 Å². The molecule has 0 fully saturated rings. The zero-order chi connectivity index (χ0) is 10.4. The molecule has 14 heavy (non-hydrogen) atoms. The van der Waals surface area contributed by atoms with E-state index in [9.17, 15) is 4.39 Å². The van der Waals surface area contributed by atoms with Crippen LogP contribution in [0.5, 0.6) is 0 Å². The maximum atomic E-state index is 11.8. The molecule has 1 nitrogen and oxygen atoms in total. The van der Waals surface area contributed by atoms with E-state index < -0.39 is 0 Å². The molecule has 0 aliphatic carbocycles. The van der Waals surface area contributed by atoms with E-state index in [0.717, 1.165) is 5.56 Å². The number of hydrogen-bond donors (Lipinski definition) is 1. The van der Waals surface area contributed by atoms with Crippen LogP contribution in [0, 0.1) is 0 Å². The van der Waals surface area contributed by atoms with E-state index in [1.807, 2.05) is 6.07 Å². The topological polar surface area (TPSA) is 12.0 Å². The second-order valence-corrected chi connectivity index (χ2v) is 3.80. The summed E-state index contributed by atoms with van der Waals surface area (Å²) in [5.74, 6) is 0. The zero-order valence-electron chi connectivity index (χ0n) is 7.69. The van der Waals surface area contributed by atoms with Crippen molar-refractivity contribution in [2.45, 2.75) is 13.0 Å². The van der Waals surface area contributed by atoms with Crippen LogP contribution in [0.2, 0.25) is 10.0 Å². The first-order valence-electron chi connectivity index (χ1n) is 4.44. The molecule has 0 spiro atoms. The van der Waals surface area contributed by atoms with Gasteiger partial charge in [-0.1, -0.05) is 29.3 Å². The summed E-state index contributed by atoms with van der Waals surface area (Å²) in [6.07, 6.45) is 0.533. The smallest absolute Gasteiger partial charge is 0.0906 e. The number of hydrogen-bond acceptors (Lipinski definition) is 1. The third-order valence-corrected chi connectivity index (χ3v) is 2.40. The van der Waals surface area contributed by atoms with Crippen LogP contribution in [0.4, 0.5) is 4.39 Å². The molecule has 0 aliphatic heterocycles. The van der Waals surface area contributed by atoms with E-state index in [2.05, 4.69) is 5.32 Å². The van der Waals surface area contributed by atoms with Gasteiger partial charge in [0.15, 0.2) is 0 Å². The monoisotopic (exact) mass is 235 g/mol. The Morgan fingerprint density at radius 1 is 1.29 bits per heavy atom. The van der Waals surface area contributed by atoms with Crippen LogP contribution >= 0.6 is 23.2 Å². The third-order valence-electron chi connectivity index (χ3n) is 1.82. The van der Waals surface area contributed by atoms with Gasteiger partial charge >= 0.3 is 0 Å². The fourth-order valence-electron chi connectivity index (χ4n) is 1.08. The van der Waals surface area contributed by atoms with Gasteiger partial charge in [0, 0.05) is 16.6 Å². The summed E-state index contributed by atoms with van der Waals surface area (Å²) in [7, 11) is 0. The van der Waals surface area contributed by atoms with Crippen LogP contribution in [0.15, 0.2) is 18.2 Å². The Bertz CT molecular complexity index is 291. The van der Waals surface area contributed by atoms with E-state index in [-0.39, 0.29) is 6.67 Å². The molecule has 0 amide bonds. The maximum absolute atomic E-state index is 11.8. The minimum absolute atomic E-state index is 0.290. The molecule has 0 saturated heterocycles. The van der Waals surface area contributed by atoms with Crippen molar-refractivity contribution >= 4 is 23.2 Å². The zero-order valence-corrected chi connectivity index (χ0v) is 9.21. The molecular formula is C10H12Cl2FN. The molecule has 1 aromatic carbocycles. The first-order chi connectivity index (χ1) is 6.74. The van der Waals surface area contributed by atoms with E-state index in [4.69, 9.17) is 23.2 Å². The molecule has 0 atom stereocenters. The van der Waals surface area contributed by atoms with Gasteiger partial charge in [0.25, 0.3) is 0 Å². The van der Waals surface area contributed by atoms with Gasteiger partial charge in [-0.05, 0) is 30.7 Å². The Kier molecular flexibility index (Phi) is 5.23. The average molecular weight is 236 g/mol. The van der Waals surface area contributed by atoms with Gasteiger partial charge in [0.05, 0.1) is 6.67 Å². The largest absolute Gasteiger partial charge is 0.313 e. The van der Waals surface area contributed by atoms with Crippen LogP contribution in [-0.2, 0) is 6.54 Å². The molecule has 0 aromatic heterocycles. The van der Waals surface area contributed by atoms with Crippen molar-refractivity contribution in [3.8, 4) is 0 Å². The summed E-state index contributed by atoms with van der Waals surface area (Å²) in [6, 6.07) is 5.36. The number of nitrogens with one attached hydrogen (secondary N) is 1. The summed E-state index contributed by atoms with van der Waals surface area (Å²) in [5.41, 5.74) is 0.981. The summed E-state index contributed by atoms with van der Waals surface area (Å²) < 4.78 is 11.8. The fourth-order valence-corrected chi connectivity index (χ4v) is 1.56. The van der Waals surface area contributed by atoms with Gasteiger partial charge in [0.2, 0.25) is 0 Å². The van der Waals surface area contributed by atoms with Gasteiger partial charge < -0.3 is 5.32 Å². The summed E-state index contributed by atoms with van der Waals surface area (Å²) >= 11 is 11.7. The fraction of sp³-hybridized carbons (Fsp3) is 0.400. The van der Waals surface area contributed by atoms with Crippen molar-refractivity contribution in [2.24, 2.45) is 0 Å². The van der Waals surface area contributed by atoms with Gasteiger partial charge in [-0.15, -0.1) is 0 Å². The second-order valence-electron chi connectivity index (χ2n) is 2.96. The normalized spacial score (nSPS) is 10.5. The molecule has 0 aliphatic rings. The Morgan fingerprint density at radius 3 is 2.71 bits per heavy atom. The lowest BCUT2D eigenvalue weighted by Gasteiger charge is -2.05. The van der Waals surface area contributed by atoms with Gasteiger partial charge in [0.1, 0.15) is 0 Å². The van der Waals surface area contributed by atoms with Crippen molar-refractivity contribution in [1.82, 2.24) is 5.32 Å². The van der Waals surface area contributed by atoms with E-state index in [1.54, 1.807) is 12.1 Å². The molecule has 0 bridgehead atoms. The molecular weight excluding hydrogens is 224 g/mol. The molecule has 0 radical (unpaired) electrons. The van der Waals surface area contributed by atoms with Crippen LogP contribution in [-0.4, -0.2) is 13.2 Å². The summed E-state index contributed by atoms with van der Waals surface area (Å²) in [4.78, 5) is 0. The Hall–Kier alpha value is -0.310. The Labute approximate surface area is 93.2 Å². The molecule has 0 saturated carbocycles. The number of benzene rings is 1. The molecule has 1 rings (SSSR count). The lowest BCUT2D eigenvalue weighted by Crippen LogP contribution is -2.15. The van der Waals surface area contributed by atoms with Gasteiger partial charge in [-0.3, -0.25) is 4.39 Å². The van der Waals surface area contributed by atoms with Gasteiger partial charge in [-0.2, -0.15) is 0 Å². The molecule has 1 aromatic rings. The Balaban J connectivity index is 2.42. The van der Waals surface area contributed by atoms with E-state index >= 15 is 0 Å².